The van der Waals surface area contributed by atoms with Crippen molar-refractivity contribution in [1.82, 2.24) is 19.9 Å². The molecule has 0 radical (unpaired) electrons. The Morgan fingerprint density at radius 2 is 1.91 bits per heavy atom. The van der Waals surface area contributed by atoms with E-state index in [1.165, 1.54) is 11.3 Å². The third-order valence-electron chi connectivity index (χ3n) is 5.65. The quantitative estimate of drug-likeness (QED) is 0.419. The maximum absolute atomic E-state index is 13.4. The number of nitrogens with zero attached hydrogens (tertiary/aromatic N) is 4. The lowest BCUT2D eigenvalue weighted by Gasteiger charge is -2.26. The van der Waals surface area contributed by atoms with Crippen molar-refractivity contribution in [2.24, 2.45) is 0 Å². The van der Waals surface area contributed by atoms with Crippen LogP contribution in [-0.4, -0.2) is 32.9 Å². The van der Waals surface area contributed by atoms with Gasteiger partial charge in [0.05, 0.1) is 7.11 Å². The van der Waals surface area contributed by atoms with Crippen LogP contribution in [0.25, 0.3) is 0 Å². The monoisotopic (exact) mass is 482 g/mol. The van der Waals surface area contributed by atoms with Crippen LogP contribution < -0.4 is 15.8 Å². The van der Waals surface area contributed by atoms with E-state index in [-0.39, 0.29) is 5.91 Å². The fourth-order valence-corrected chi connectivity index (χ4v) is 4.54. The maximum Gasteiger partial charge on any atom is 0.249 e. The molecule has 1 aromatic carbocycles. The zero-order chi connectivity index (χ0) is 24.2. The number of fused-ring (bicyclic) bond motifs is 1. The van der Waals surface area contributed by atoms with Crippen molar-refractivity contribution in [1.29, 1.82) is 0 Å². The molecule has 5 rings (SSSR count). The van der Waals surface area contributed by atoms with E-state index in [9.17, 15) is 4.79 Å². The van der Waals surface area contributed by atoms with Gasteiger partial charge in [-0.2, -0.15) is 0 Å². The molecule has 4 heterocycles. The highest BCUT2D eigenvalue weighted by Gasteiger charge is 2.35. The lowest BCUT2D eigenvalue weighted by Crippen LogP contribution is -2.35. The van der Waals surface area contributed by atoms with Crippen LogP contribution in [0.2, 0.25) is 0 Å². The van der Waals surface area contributed by atoms with Crippen LogP contribution in [0.4, 0.5) is 10.9 Å². The molecule has 0 saturated heterocycles. The van der Waals surface area contributed by atoms with Crippen LogP contribution in [0.5, 0.6) is 5.75 Å². The second-order valence-electron chi connectivity index (χ2n) is 7.93. The zero-order valence-corrected chi connectivity index (χ0v) is 19.7. The Morgan fingerprint density at radius 3 is 2.69 bits per heavy atom. The number of amides is 1. The predicted octanol–water partition coefficient (Wildman–Crippen LogP) is 3.62. The fraction of sp³-hybridized carbons (Fsp3) is 0.154. The summed E-state index contributed by atoms with van der Waals surface area (Å²) in [5.41, 5.74) is 10.2. The number of thiazole rings is 1. The first-order valence-electron chi connectivity index (χ1n) is 10.9. The second-order valence-corrected chi connectivity index (χ2v) is 8.82. The molecular formula is C26H22N6O2S. The Bertz CT molecular complexity index is 1410. The number of carbonyl (C=O) groups is 1. The third kappa shape index (κ3) is 4.99. The largest absolute Gasteiger partial charge is 0.495 e. The zero-order valence-electron chi connectivity index (χ0n) is 18.9. The van der Waals surface area contributed by atoms with Crippen molar-refractivity contribution in [2.75, 3.05) is 18.2 Å². The Balaban J connectivity index is 1.42. The van der Waals surface area contributed by atoms with E-state index < -0.39 is 6.04 Å². The van der Waals surface area contributed by atoms with Crippen molar-refractivity contribution in [2.45, 2.75) is 19.1 Å². The van der Waals surface area contributed by atoms with Gasteiger partial charge in [0.15, 0.2) is 5.13 Å². The Hall–Kier alpha value is -4.26. The normalized spacial score (nSPS) is 13.4. The number of hydrogen-bond acceptors (Lipinski definition) is 8. The van der Waals surface area contributed by atoms with Gasteiger partial charge in [0.2, 0.25) is 5.91 Å². The highest BCUT2D eigenvalue weighted by atomic mass is 32.1. The Labute approximate surface area is 206 Å². The molecule has 4 aromatic rings. The minimum atomic E-state index is -0.655. The summed E-state index contributed by atoms with van der Waals surface area (Å²) in [6, 6.07) is 12.6. The summed E-state index contributed by atoms with van der Waals surface area (Å²) in [5.74, 6) is 7.13. The summed E-state index contributed by atoms with van der Waals surface area (Å²) in [4.78, 5) is 28.3. The van der Waals surface area contributed by atoms with Crippen molar-refractivity contribution >= 4 is 28.2 Å². The second kappa shape index (κ2) is 9.93. The van der Waals surface area contributed by atoms with Gasteiger partial charge in [0, 0.05) is 48.2 Å². The number of rotatable bonds is 5. The molecule has 0 aliphatic carbocycles. The van der Waals surface area contributed by atoms with Crippen molar-refractivity contribution in [3.63, 3.8) is 0 Å². The highest BCUT2D eigenvalue weighted by Crippen LogP contribution is 2.35. The van der Waals surface area contributed by atoms with Gasteiger partial charge in [-0.3, -0.25) is 14.7 Å². The molecule has 8 nitrogen and oxygen atoms in total. The number of ether oxygens (including phenoxy) is 1. The van der Waals surface area contributed by atoms with Crippen LogP contribution in [-0.2, 0) is 17.9 Å². The van der Waals surface area contributed by atoms with Gasteiger partial charge in [0.25, 0.3) is 0 Å². The van der Waals surface area contributed by atoms with E-state index in [0.717, 1.165) is 22.3 Å². The standard InChI is InChI=1S/C26H22N6O2S/c1-34-21-3-2-10-28-23(21)24(25(33)31-26-29-11-12-35-26)32-15-19-8-6-17(13-20(19)16-32)4-5-18-7-9-22(27)30-14-18/h2-3,6-14,24H,15-16H2,1H3,(H2,27,30)(H,29,31,33). The first kappa shape index (κ1) is 22.5. The molecule has 3 N–H and O–H groups in total. The van der Waals surface area contributed by atoms with Crippen LogP contribution in [0.3, 0.4) is 0 Å². The molecule has 3 aromatic heterocycles. The van der Waals surface area contributed by atoms with Crippen molar-refractivity contribution < 1.29 is 9.53 Å². The average Bonchev–Trinajstić information content (AvgIpc) is 3.53. The van der Waals surface area contributed by atoms with E-state index in [1.54, 1.807) is 37.8 Å². The summed E-state index contributed by atoms with van der Waals surface area (Å²) in [5, 5.41) is 5.29. The summed E-state index contributed by atoms with van der Waals surface area (Å²) in [6.07, 6.45) is 4.99. The number of aromatic nitrogens is 3. The topological polar surface area (TPSA) is 106 Å². The molecule has 35 heavy (non-hydrogen) atoms. The maximum atomic E-state index is 13.4. The number of nitrogen functional groups attached to an aromatic ring is 1. The van der Waals surface area contributed by atoms with Crippen molar-refractivity contribution in [3.05, 3.63) is 94.4 Å². The highest BCUT2D eigenvalue weighted by molar-refractivity contribution is 7.13. The fourth-order valence-electron chi connectivity index (χ4n) is 4.01. The van der Waals surface area contributed by atoms with E-state index in [0.29, 0.717) is 35.5 Å². The lowest BCUT2D eigenvalue weighted by molar-refractivity contribution is -0.122. The molecule has 1 aliphatic rings. The van der Waals surface area contributed by atoms with Crippen LogP contribution in [0.1, 0.15) is 34.0 Å². The van der Waals surface area contributed by atoms with Gasteiger partial charge in [-0.1, -0.05) is 17.9 Å². The van der Waals surface area contributed by atoms with Gasteiger partial charge in [-0.25, -0.2) is 9.97 Å². The molecular weight excluding hydrogens is 460 g/mol. The van der Waals surface area contributed by atoms with Gasteiger partial charge >= 0.3 is 0 Å². The summed E-state index contributed by atoms with van der Waals surface area (Å²) in [7, 11) is 1.58. The molecule has 1 atom stereocenters. The van der Waals surface area contributed by atoms with E-state index in [4.69, 9.17) is 10.5 Å². The SMILES string of the molecule is COc1cccnc1C(C(=O)Nc1nccs1)N1Cc2ccc(C#Cc3ccc(N)nc3)cc2C1. The molecule has 0 saturated carbocycles. The van der Waals surface area contributed by atoms with E-state index in [2.05, 4.69) is 49.1 Å². The third-order valence-corrected chi connectivity index (χ3v) is 6.33. The van der Waals surface area contributed by atoms with Gasteiger partial charge in [-0.05, 0) is 47.5 Å². The predicted molar refractivity (Wildman–Crippen MR) is 135 cm³/mol. The lowest BCUT2D eigenvalue weighted by atomic mass is 10.1. The minimum absolute atomic E-state index is 0.208. The number of benzene rings is 1. The molecule has 0 bridgehead atoms. The van der Waals surface area contributed by atoms with Crippen LogP contribution in [0.15, 0.2) is 66.4 Å². The molecule has 1 amide bonds. The number of anilines is 2. The molecule has 1 aliphatic heterocycles. The van der Waals surface area contributed by atoms with Crippen LogP contribution >= 0.6 is 11.3 Å². The average molecular weight is 483 g/mol. The molecule has 174 valence electrons. The number of hydrogen-bond donors (Lipinski definition) is 2. The summed E-state index contributed by atoms with van der Waals surface area (Å²) >= 11 is 1.37. The summed E-state index contributed by atoms with van der Waals surface area (Å²) < 4.78 is 5.54. The summed E-state index contributed by atoms with van der Waals surface area (Å²) in [6.45, 7) is 1.17. The van der Waals surface area contributed by atoms with Crippen LogP contribution in [0, 0.1) is 11.8 Å². The first-order valence-corrected chi connectivity index (χ1v) is 11.8. The molecule has 0 spiro atoms. The molecule has 1 unspecified atom stereocenters. The smallest absolute Gasteiger partial charge is 0.249 e. The van der Waals surface area contributed by atoms with Gasteiger partial charge < -0.3 is 15.8 Å². The Morgan fingerprint density at radius 1 is 1.09 bits per heavy atom. The van der Waals surface area contributed by atoms with E-state index >= 15 is 0 Å². The van der Waals surface area contributed by atoms with Gasteiger partial charge in [0.1, 0.15) is 23.3 Å². The van der Waals surface area contributed by atoms with Crippen molar-refractivity contribution in [3.8, 4) is 17.6 Å². The van der Waals surface area contributed by atoms with E-state index in [1.807, 2.05) is 23.6 Å². The minimum Gasteiger partial charge on any atom is -0.495 e. The van der Waals surface area contributed by atoms with Gasteiger partial charge in [-0.15, -0.1) is 11.3 Å². The molecule has 0 fully saturated rings. The number of pyridine rings is 2. The first-order chi connectivity index (χ1) is 17.1. The Kier molecular flexibility index (Phi) is 6.39. The number of nitrogens with two attached hydrogens (primary N) is 1. The number of nitrogens with one attached hydrogen (secondary N) is 1. The number of carbonyl (C=O) groups excluding carboxylic acids is 1. The molecule has 9 heteroatoms. The number of methoxy groups -OCH3 is 1.